The molecule has 0 spiro atoms. The third-order valence-corrected chi connectivity index (χ3v) is 4.74. The van der Waals surface area contributed by atoms with Crippen molar-refractivity contribution in [2.75, 3.05) is 16.5 Å². The first-order chi connectivity index (χ1) is 13.5. The van der Waals surface area contributed by atoms with Gasteiger partial charge in [-0.3, -0.25) is 0 Å². The number of pyridine rings is 1. The van der Waals surface area contributed by atoms with Crippen molar-refractivity contribution in [1.29, 1.82) is 0 Å². The van der Waals surface area contributed by atoms with E-state index in [1.54, 1.807) is 42.8 Å². The second kappa shape index (κ2) is 10.4. The molecule has 1 aromatic heterocycles. The molecule has 1 heterocycles. The average Bonchev–Trinajstić information content (AvgIpc) is 2.70. The monoisotopic (exact) mass is 433 g/mol. The number of hydrogen-bond acceptors (Lipinski definition) is 3. The van der Waals surface area contributed by atoms with Crippen LogP contribution in [0.1, 0.15) is 11.1 Å². The molecule has 1 N–H and O–H groups in total. The summed E-state index contributed by atoms with van der Waals surface area (Å²) in [5, 5.41) is 3.65. The van der Waals surface area contributed by atoms with Gasteiger partial charge >= 0.3 is 6.03 Å². The van der Waals surface area contributed by atoms with E-state index in [2.05, 4.69) is 22.9 Å². The minimum absolute atomic E-state index is 0.342. The van der Waals surface area contributed by atoms with Crippen LogP contribution in [0, 0.1) is 13.8 Å². The first kappa shape index (κ1) is 22.1. The second-order valence-electron chi connectivity index (χ2n) is 5.85. The molecule has 28 heavy (non-hydrogen) atoms. The maximum atomic E-state index is 13.0. The van der Waals surface area contributed by atoms with Gasteiger partial charge in [-0.15, -0.1) is 0 Å². The highest BCUT2D eigenvalue weighted by Crippen LogP contribution is 2.28. The Bertz CT molecular complexity index is 952. The van der Waals surface area contributed by atoms with Crippen LogP contribution in [-0.4, -0.2) is 17.3 Å². The van der Waals surface area contributed by atoms with E-state index in [4.69, 9.17) is 23.2 Å². The number of nitrogens with one attached hydrogen (secondary N) is 1. The highest BCUT2D eigenvalue weighted by Gasteiger charge is 2.20. The zero-order chi connectivity index (χ0) is 20.7. The minimum atomic E-state index is -0.342. The van der Waals surface area contributed by atoms with Crippen molar-refractivity contribution in [2.24, 2.45) is 0 Å². The molecule has 0 saturated carbocycles. The molecule has 0 aliphatic carbocycles. The van der Waals surface area contributed by atoms with Crippen molar-refractivity contribution in [3.63, 3.8) is 0 Å². The second-order valence-corrected chi connectivity index (χ2v) is 6.67. The first-order valence-electron chi connectivity index (χ1n) is 8.45. The molecule has 0 radical (unpaired) electrons. The van der Waals surface area contributed by atoms with Crippen LogP contribution in [0.5, 0.6) is 0 Å². The van der Waals surface area contributed by atoms with Crippen LogP contribution in [0.25, 0.3) is 0 Å². The van der Waals surface area contributed by atoms with Gasteiger partial charge in [0.15, 0.2) is 0 Å². The van der Waals surface area contributed by atoms with Crippen molar-refractivity contribution in [3.05, 3.63) is 82.0 Å². The zero-order valence-corrected chi connectivity index (χ0v) is 18.2. The number of aromatic nitrogens is 1. The smallest absolute Gasteiger partial charge is 0.307 e. The van der Waals surface area contributed by atoms with Gasteiger partial charge < -0.3 is 5.32 Å². The van der Waals surface area contributed by atoms with Gasteiger partial charge in [0.25, 0.3) is 0 Å². The lowest BCUT2D eigenvalue weighted by atomic mass is 10.1. The number of benzene rings is 2. The van der Waals surface area contributed by atoms with Crippen molar-refractivity contribution in [2.45, 2.75) is 13.8 Å². The number of halogens is 2. The number of carbonyl (C=O) groups is 1. The van der Waals surface area contributed by atoms with Crippen LogP contribution in [0.3, 0.4) is 0 Å². The Kier molecular flexibility index (Phi) is 8.18. The molecule has 3 rings (SSSR count). The summed E-state index contributed by atoms with van der Waals surface area (Å²) in [6.45, 7) is 4.03. The lowest BCUT2D eigenvalue weighted by Crippen LogP contribution is -2.31. The summed E-state index contributed by atoms with van der Waals surface area (Å²) in [7, 11) is 0. The van der Waals surface area contributed by atoms with Gasteiger partial charge in [0.2, 0.25) is 0 Å². The largest absolute Gasteiger partial charge is 0.332 e. The van der Waals surface area contributed by atoms with Gasteiger partial charge in [0.05, 0.1) is 15.7 Å². The molecular formula is C21H21Cl2N3OS. The number of aryl methyl sites for hydroxylation is 2. The predicted octanol–water partition coefficient (Wildman–Crippen LogP) is 6.92. The molecule has 0 aliphatic heterocycles. The van der Waals surface area contributed by atoms with E-state index in [1.165, 1.54) is 4.90 Å². The van der Waals surface area contributed by atoms with E-state index >= 15 is 0 Å². The number of nitrogens with zero attached hydrogens (tertiary/aromatic N) is 2. The van der Waals surface area contributed by atoms with Crippen LogP contribution >= 0.6 is 35.8 Å². The van der Waals surface area contributed by atoms with Gasteiger partial charge in [0.1, 0.15) is 5.82 Å². The van der Waals surface area contributed by atoms with Crippen LogP contribution in [-0.2, 0) is 0 Å². The zero-order valence-electron chi connectivity index (χ0n) is 15.8. The highest BCUT2D eigenvalue weighted by molar-refractivity contribution is 7.79. The Morgan fingerprint density at radius 2 is 1.71 bits per heavy atom. The topological polar surface area (TPSA) is 45.2 Å². The number of thiol groups is 1. The van der Waals surface area contributed by atoms with Gasteiger partial charge in [-0.1, -0.05) is 35.3 Å². The molecule has 0 unspecified atom stereocenters. The van der Waals surface area contributed by atoms with E-state index in [0.717, 1.165) is 16.8 Å². The van der Waals surface area contributed by atoms with Gasteiger partial charge in [-0.05, 0) is 73.7 Å². The fourth-order valence-electron chi connectivity index (χ4n) is 2.46. The summed E-state index contributed by atoms with van der Waals surface area (Å²) in [6, 6.07) is 15.9. The standard InChI is InChI=1S/C20H17Cl2N3O.CH4S/c1-13-6-8-16(11-14(13)2)25(19-5-3-4-10-23-19)20(26)24-15-7-9-17(21)18(22)12-15;1-2/h3-12H,1-2H3,(H,24,26);2H,1H3. The van der Waals surface area contributed by atoms with E-state index in [-0.39, 0.29) is 6.03 Å². The normalized spacial score (nSPS) is 9.93. The SMILES string of the molecule is CS.Cc1ccc(N(C(=O)Nc2ccc(Cl)c(Cl)c2)c2ccccn2)cc1C. The van der Waals surface area contributed by atoms with Crippen LogP contribution in [0.4, 0.5) is 22.0 Å². The Hall–Kier alpha value is -2.21. The van der Waals surface area contributed by atoms with Crippen molar-refractivity contribution in [1.82, 2.24) is 4.98 Å². The molecular weight excluding hydrogens is 413 g/mol. The molecule has 0 aliphatic rings. The summed E-state index contributed by atoms with van der Waals surface area (Å²) in [5.74, 6) is 0.522. The van der Waals surface area contributed by atoms with E-state index in [1.807, 2.05) is 38.1 Å². The first-order valence-corrected chi connectivity index (χ1v) is 10.1. The van der Waals surface area contributed by atoms with E-state index < -0.39 is 0 Å². The number of hydrogen-bond donors (Lipinski definition) is 2. The summed E-state index contributed by atoms with van der Waals surface area (Å²) in [5.41, 5.74) is 3.52. The molecule has 146 valence electrons. The number of urea groups is 1. The molecule has 0 saturated heterocycles. The number of anilines is 3. The fourth-order valence-corrected chi connectivity index (χ4v) is 2.76. The fraction of sp³-hybridized carbons (Fsp3) is 0.143. The highest BCUT2D eigenvalue weighted by atomic mass is 35.5. The molecule has 0 atom stereocenters. The van der Waals surface area contributed by atoms with Crippen molar-refractivity contribution >= 4 is 59.1 Å². The summed E-state index contributed by atoms with van der Waals surface area (Å²) >= 11 is 15.5. The number of amides is 2. The molecule has 2 aromatic carbocycles. The quantitative estimate of drug-likeness (QED) is 0.440. The lowest BCUT2D eigenvalue weighted by Gasteiger charge is -2.23. The Balaban J connectivity index is 0.00000136. The number of rotatable bonds is 3. The molecule has 3 aromatic rings. The van der Waals surface area contributed by atoms with Crippen molar-refractivity contribution < 1.29 is 4.79 Å². The van der Waals surface area contributed by atoms with Crippen LogP contribution in [0.2, 0.25) is 10.0 Å². The minimum Gasteiger partial charge on any atom is -0.307 e. The van der Waals surface area contributed by atoms with E-state index in [0.29, 0.717) is 21.6 Å². The number of carbonyl (C=O) groups excluding carboxylic acids is 1. The third kappa shape index (κ3) is 5.41. The molecule has 0 fully saturated rings. The Morgan fingerprint density at radius 3 is 2.32 bits per heavy atom. The Labute approximate surface area is 180 Å². The maximum Gasteiger partial charge on any atom is 0.332 e. The van der Waals surface area contributed by atoms with Gasteiger partial charge in [0, 0.05) is 11.9 Å². The van der Waals surface area contributed by atoms with Crippen molar-refractivity contribution in [3.8, 4) is 0 Å². The molecule has 4 nitrogen and oxygen atoms in total. The summed E-state index contributed by atoms with van der Waals surface area (Å²) in [4.78, 5) is 18.8. The summed E-state index contributed by atoms with van der Waals surface area (Å²) in [6.07, 6.45) is 3.34. The lowest BCUT2D eigenvalue weighted by molar-refractivity contribution is 0.259. The van der Waals surface area contributed by atoms with Crippen LogP contribution in [0.15, 0.2) is 60.8 Å². The van der Waals surface area contributed by atoms with Crippen LogP contribution < -0.4 is 10.2 Å². The Morgan fingerprint density at radius 1 is 0.964 bits per heavy atom. The average molecular weight is 434 g/mol. The predicted molar refractivity (Wildman–Crippen MR) is 123 cm³/mol. The summed E-state index contributed by atoms with van der Waals surface area (Å²) < 4.78 is 0. The third-order valence-electron chi connectivity index (χ3n) is 4.00. The molecule has 7 heteroatoms. The van der Waals surface area contributed by atoms with E-state index in [9.17, 15) is 4.79 Å². The molecule has 2 amide bonds. The van der Waals surface area contributed by atoms with Gasteiger partial charge in [-0.25, -0.2) is 14.7 Å². The molecule has 0 bridgehead atoms. The van der Waals surface area contributed by atoms with Gasteiger partial charge in [-0.2, -0.15) is 12.6 Å². The maximum absolute atomic E-state index is 13.0.